The molecular formula is C18H20N2O2. The van der Waals surface area contributed by atoms with Gasteiger partial charge in [0.15, 0.2) is 0 Å². The zero-order chi connectivity index (χ0) is 16.1. The Bertz CT molecular complexity index is 695. The van der Waals surface area contributed by atoms with E-state index in [9.17, 15) is 4.79 Å². The van der Waals surface area contributed by atoms with Crippen molar-refractivity contribution in [2.45, 2.75) is 33.3 Å². The van der Waals surface area contributed by atoms with Crippen LogP contribution in [0.15, 0.2) is 48.8 Å². The number of rotatable bonds is 5. The summed E-state index contributed by atoms with van der Waals surface area (Å²) in [4.78, 5) is 20.2. The van der Waals surface area contributed by atoms with E-state index in [1.165, 1.54) is 0 Å². The molecule has 114 valence electrons. The van der Waals surface area contributed by atoms with Crippen molar-refractivity contribution in [2.24, 2.45) is 0 Å². The van der Waals surface area contributed by atoms with Crippen LogP contribution in [0.3, 0.4) is 0 Å². The zero-order valence-corrected chi connectivity index (χ0v) is 13.2. The third kappa shape index (κ3) is 4.25. The fourth-order valence-corrected chi connectivity index (χ4v) is 2.07. The molecule has 22 heavy (non-hydrogen) atoms. The molecule has 0 radical (unpaired) electrons. The fourth-order valence-electron chi connectivity index (χ4n) is 2.07. The maximum Gasteiger partial charge on any atom is 0.333 e. The second-order valence-corrected chi connectivity index (χ2v) is 5.47. The van der Waals surface area contributed by atoms with Gasteiger partial charge in [0.25, 0.3) is 0 Å². The lowest BCUT2D eigenvalue weighted by Gasteiger charge is -2.13. The van der Waals surface area contributed by atoms with Crippen LogP contribution in [0.1, 0.15) is 25.0 Å². The number of carbonyl (C=O) groups is 1. The minimum Gasteiger partial charge on any atom is -0.459 e. The lowest BCUT2D eigenvalue weighted by molar-refractivity contribution is -0.143. The molecule has 2 rings (SSSR count). The van der Waals surface area contributed by atoms with Gasteiger partial charge in [-0.25, -0.2) is 4.79 Å². The minimum atomic E-state index is -0.359. The van der Waals surface area contributed by atoms with Gasteiger partial charge in [0.1, 0.15) is 6.10 Å². The predicted octanol–water partition coefficient (Wildman–Crippen LogP) is 3.50. The maximum atomic E-state index is 11.5. The fraction of sp³-hybridized carbons (Fsp3) is 0.278. The number of ether oxygens (including phenoxy) is 1. The van der Waals surface area contributed by atoms with E-state index in [0.29, 0.717) is 12.0 Å². The number of aryl methyl sites for hydroxylation is 1. The van der Waals surface area contributed by atoms with Gasteiger partial charge < -0.3 is 4.74 Å². The lowest BCUT2D eigenvalue weighted by Crippen LogP contribution is -2.17. The summed E-state index contributed by atoms with van der Waals surface area (Å²) in [5.41, 5.74) is 4.26. The van der Waals surface area contributed by atoms with Crippen LogP contribution in [-0.2, 0) is 16.0 Å². The highest BCUT2D eigenvalue weighted by Gasteiger charge is 2.11. The molecule has 0 saturated heterocycles. The molecule has 2 heterocycles. The second-order valence-electron chi connectivity index (χ2n) is 5.47. The molecule has 0 saturated carbocycles. The summed E-state index contributed by atoms with van der Waals surface area (Å²) in [6, 6.07) is 7.85. The van der Waals surface area contributed by atoms with Crippen molar-refractivity contribution in [3.8, 4) is 11.4 Å². The van der Waals surface area contributed by atoms with Crippen LogP contribution in [0.4, 0.5) is 0 Å². The summed E-state index contributed by atoms with van der Waals surface area (Å²) in [6.45, 7) is 9.12. The Labute approximate surface area is 130 Å². The van der Waals surface area contributed by atoms with E-state index in [1.54, 1.807) is 19.3 Å². The van der Waals surface area contributed by atoms with Crippen molar-refractivity contribution in [2.75, 3.05) is 0 Å². The van der Waals surface area contributed by atoms with Crippen LogP contribution in [0.5, 0.6) is 0 Å². The SMILES string of the molecule is C=C(C)C(=O)OC(C)Cc1ccnc(-c2cc(C)ccn2)c1. The number of hydrogen-bond acceptors (Lipinski definition) is 4. The van der Waals surface area contributed by atoms with Crippen LogP contribution < -0.4 is 0 Å². The van der Waals surface area contributed by atoms with Gasteiger partial charge in [-0.15, -0.1) is 0 Å². The Kier molecular flexibility index (Phi) is 5.04. The first-order chi connectivity index (χ1) is 10.5. The lowest BCUT2D eigenvalue weighted by atomic mass is 10.1. The molecule has 4 nitrogen and oxygen atoms in total. The maximum absolute atomic E-state index is 11.5. The third-order valence-electron chi connectivity index (χ3n) is 3.18. The molecule has 0 aliphatic heterocycles. The van der Waals surface area contributed by atoms with Crippen LogP contribution in [0.25, 0.3) is 11.4 Å². The molecule has 2 aromatic heterocycles. The Balaban J connectivity index is 2.12. The summed E-state index contributed by atoms with van der Waals surface area (Å²) in [7, 11) is 0. The first kappa shape index (κ1) is 15.9. The summed E-state index contributed by atoms with van der Waals surface area (Å²) < 4.78 is 5.31. The molecular weight excluding hydrogens is 276 g/mol. The first-order valence-corrected chi connectivity index (χ1v) is 7.20. The summed E-state index contributed by atoms with van der Waals surface area (Å²) in [5, 5.41) is 0. The van der Waals surface area contributed by atoms with Crippen LogP contribution in [-0.4, -0.2) is 22.0 Å². The van der Waals surface area contributed by atoms with Gasteiger partial charge in [-0.05, 0) is 56.2 Å². The van der Waals surface area contributed by atoms with Gasteiger partial charge in [-0.3, -0.25) is 9.97 Å². The van der Waals surface area contributed by atoms with Crippen molar-refractivity contribution in [1.29, 1.82) is 0 Å². The molecule has 4 heteroatoms. The van der Waals surface area contributed by atoms with Gasteiger partial charge in [-0.2, -0.15) is 0 Å². The van der Waals surface area contributed by atoms with E-state index in [4.69, 9.17) is 4.74 Å². The monoisotopic (exact) mass is 296 g/mol. The van der Waals surface area contributed by atoms with E-state index in [2.05, 4.69) is 16.5 Å². The van der Waals surface area contributed by atoms with Gasteiger partial charge in [-0.1, -0.05) is 6.58 Å². The molecule has 0 aliphatic carbocycles. The van der Waals surface area contributed by atoms with Crippen molar-refractivity contribution < 1.29 is 9.53 Å². The van der Waals surface area contributed by atoms with Gasteiger partial charge in [0.2, 0.25) is 0 Å². The van der Waals surface area contributed by atoms with Crippen molar-refractivity contribution in [1.82, 2.24) is 9.97 Å². The normalized spacial score (nSPS) is 11.8. The van der Waals surface area contributed by atoms with E-state index >= 15 is 0 Å². The molecule has 0 bridgehead atoms. The van der Waals surface area contributed by atoms with Crippen molar-refractivity contribution in [3.63, 3.8) is 0 Å². The quantitative estimate of drug-likeness (QED) is 0.626. The summed E-state index contributed by atoms with van der Waals surface area (Å²) >= 11 is 0. The van der Waals surface area contributed by atoms with Crippen LogP contribution in [0.2, 0.25) is 0 Å². The molecule has 0 N–H and O–H groups in total. The molecule has 0 fully saturated rings. The van der Waals surface area contributed by atoms with Gasteiger partial charge in [0, 0.05) is 24.4 Å². The minimum absolute atomic E-state index is 0.218. The summed E-state index contributed by atoms with van der Waals surface area (Å²) in [5.74, 6) is -0.359. The van der Waals surface area contributed by atoms with Gasteiger partial charge in [0.05, 0.1) is 11.4 Å². The average Bonchev–Trinajstić information content (AvgIpc) is 2.47. The van der Waals surface area contributed by atoms with Gasteiger partial charge >= 0.3 is 5.97 Å². The number of nitrogens with zero attached hydrogens (tertiary/aromatic N) is 2. The highest BCUT2D eigenvalue weighted by Crippen LogP contribution is 2.17. The van der Waals surface area contributed by atoms with E-state index in [1.807, 2.05) is 38.1 Å². The second kappa shape index (κ2) is 6.98. The molecule has 0 aromatic carbocycles. The number of esters is 1. The van der Waals surface area contributed by atoms with Crippen LogP contribution in [0, 0.1) is 6.92 Å². The molecule has 0 aliphatic rings. The molecule has 0 amide bonds. The zero-order valence-electron chi connectivity index (χ0n) is 13.2. The molecule has 1 atom stereocenters. The Morgan fingerprint density at radius 2 is 1.86 bits per heavy atom. The first-order valence-electron chi connectivity index (χ1n) is 7.20. The highest BCUT2D eigenvalue weighted by molar-refractivity contribution is 5.87. The number of pyridine rings is 2. The highest BCUT2D eigenvalue weighted by atomic mass is 16.5. The Hall–Kier alpha value is -2.49. The number of carbonyl (C=O) groups excluding carboxylic acids is 1. The Morgan fingerprint density at radius 1 is 1.23 bits per heavy atom. The smallest absolute Gasteiger partial charge is 0.333 e. The Morgan fingerprint density at radius 3 is 2.50 bits per heavy atom. The molecule has 1 unspecified atom stereocenters. The molecule has 2 aromatic rings. The standard InChI is InChI=1S/C18H20N2O2/c1-12(2)18(21)22-14(4)10-15-6-8-20-17(11-15)16-9-13(3)5-7-19-16/h5-9,11,14H,1,10H2,2-4H3. The van der Waals surface area contributed by atoms with Crippen LogP contribution >= 0.6 is 0 Å². The average molecular weight is 296 g/mol. The predicted molar refractivity (Wildman–Crippen MR) is 86.3 cm³/mol. The largest absolute Gasteiger partial charge is 0.459 e. The van der Waals surface area contributed by atoms with E-state index in [-0.39, 0.29) is 12.1 Å². The number of hydrogen-bond donors (Lipinski definition) is 0. The third-order valence-corrected chi connectivity index (χ3v) is 3.18. The topological polar surface area (TPSA) is 52.1 Å². The summed E-state index contributed by atoms with van der Waals surface area (Å²) in [6.07, 6.45) is 3.93. The van der Waals surface area contributed by atoms with E-state index < -0.39 is 0 Å². The number of aromatic nitrogens is 2. The van der Waals surface area contributed by atoms with Crippen molar-refractivity contribution in [3.05, 3.63) is 59.9 Å². The van der Waals surface area contributed by atoms with Crippen molar-refractivity contribution >= 4 is 5.97 Å². The molecule has 0 spiro atoms. The van der Waals surface area contributed by atoms with E-state index in [0.717, 1.165) is 22.5 Å².